The maximum absolute atomic E-state index is 12.0. The zero-order valence-electron chi connectivity index (χ0n) is 7.49. The third-order valence-corrected chi connectivity index (χ3v) is 1.76. The Morgan fingerprint density at radius 2 is 1.93 bits per heavy atom. The first-order chi connectivity index (χ1) is 7.04. The molecule has 0 fully saturated rings. The fourth-order valence-electron chi connectivity index (χ4n) is 1.17. The Morgan fingerprint density at radius 1 is 1.13 bits per heavy atom. The molecule has 2 aromatic heterocycles. The van der Waals surface area contributed by atoms with Gasteiger partial charge in [0.2, 0.25) is 0 Å². The topological polar surface area (TPSA) is 38.7 Å². The lowest BCUT2D eigenvalue weighted by molar-refractivity contribution is -0.128. The van der Waals surface area contributed by atoms with Crippen molar-refractivity contribution in [3.63, 3.8) is 0 Å². The fraction of sp³-hybridized carbons (Fsp3) is 0.222. The number of alkyl halides is 3. The van der Waals surface area contributed by atoms with E-state index in [1.165, 1.54) is 12.4 Å². The van der Waals surface area contributed by atoms with Crippen LogP contribution in [0.15, 0.2) is 24.5 Å². The zero-order chi connectivity index (χ0) is 10.9. The third-order valence-electron chi connectivity index (χ3n) is 1.76. The van der Waals surface area contributed by atoms with Crippen LogP contribution in [-0.4, -0.2) is 21.1 Å². The van der Waals surface area contributed by atoms with Crippen molar-refractivity contribution in [3.8, 4) is 0 Å². The number of rotatable bonds is 1. The maximum atomic E-state index is 12.0. The maximum Gasteiger partial charge on any atom is 0.396 e. The Kier molecular flexibility index (Phi) is 2.26. The van der Waals surface area contributed by atoms with Gasteiger partial charge in [-0.1, -0.05) is 0 Å². The van der Waals surface area contributed by atoms with Crippen molar-refractivity contribution in [2.24, 2.45) is 0 Å². The van der Waals surface area contributed by atoms with Crippen LogP contribution in [0.5, 0.6) is 0 Å². The average Bonchev–Trinajstić information content (AvgIpc) is 2.15. The van der Waals surface area contributed by atoms with E-state index in [9.17, 15) is 13.2 Å². The highest BCUT2D eigenvalue weighted by Gasteiger charge is 2.29. The van der Waals surface area contributed by atoms with Crippen LogP contribution < -0.4 is 0 Å². The molecule has 0 bridgehead atoms. The van der Waals surface area contributed by atoms with Gasteiger partial charge in [-0.3, -0.25) is 4.98 Å². The summed E-state index contributed by atoms with van der Waals surface area (Å²) in [6.07, 6.45) is -2.56. The van der Waals surface area contributed by atoms with Gasteiger partial charge in [0, 0.05) is 6.20 Å². The molecular formula is C9H6F3N3. The minimum Gasteiger partial charge on any atom is -0.253 e. The van der Waals surface area contributed by atoms with Crippen molar-refractivity contribution < 1.29 is 13.2 Å². The summed E-state index contributed by atoms with van der Waals surface area (Å²) in [6, 6.07) is 3.22. The first-order valence-corrected chi connectivity index (χ1v) is 4.18. The molecule has 0 aliphatic carbocycles. The van der Waals surface area contributed by atoms with Crippen LogP contribution in [0.1, 0.15) is 5.82 Å². The van der Waals surface area contributed by atoms with Crippen molar-refractivity contribution in [3.05, 3.63) is 30.4 Å². The Morgan fingerprint density at radius 3 is 2.67 bits per heavy atom. The van der Waals surface area contributed by atoms with Crippen LogP contribution in [0.2, 0.25) is 0 Å². The van der Waals surface area contributed by atoms with Crippen molar-refractivity contribution in [2.75, 3.05) is 0 Å². The first-order valence-electron chi connectivity index (χ1n) is 4.18. The molecule has 0 unspecified atom stereocenters. The van der Waals surface area contributed by atoms with E-state index in [0.717, 1.165) is 0 Å². The summed E-state index contributed by atoms with van der Waals surface area (Å²) < 4.78 is 36.1. The summed E-state index contributed by atoms with van der Waals surface area (Å²) in [7, 11) is 0. The van der Waals surface area contributed by atoms with Crippen molar-refractivity contribution in [1.82, 2.24) is 15.0 Å². The van der Waals surface area contributed by atoms with Crippen molar-refractivity contribution >= 4 is 11.0 Å². The molecule has 0 N–H and O–H groups in total. The second kappa shape index (κ2) is 3.45. The Bertz CT molecular complexity index is 481. The predicted octanol–water partition coefficient (Wildman–Crippen LogP) is 2.13. The molecule has 0 aliphatic rings. The Labute approximate surface area is 83.0 Å². The van der Waals surface area contributed by atoms with Gasteiger partial charge in [-0.25, -0.2) is 9.97 Å². The summed E-state index contributed by atoms with van der Waals surface area (Å²) in [5.41, 5.74) is 0.912. The third kappa shape index (κ3) is 2.39. The molecule has 2 heterocycles. The van der Waals surface area contributed by atoms with Gasteiger partial charge in [0.1, 0.15) is 17.8 Å². The first kappa shape index (κ1) is 9.82. The number of pyridine rings is 1. The molecule has 15 heavy (non-hydrogen) atoms. The van der Waals surface area contributed by atoms with Crippen LogP contribution in [-0.2, 0) is 6.42 Å². The molecule has 6 heteroatoms. The number of halogens is 3. The predicted molar refractivity (Wildman–Crippen MR) is 47.1 cm³/mol. The highest BCUT2D eigenvalue weighted by Crippen LogP contribution is 2.19. The number of hydrogen-bond acceptors (Lipinski definition) is 3. The van der Waals surface area contributed by atoms with E-state index in [4.69, 9.17) is 0 Å². The second-order valence-electron chi connectivity index (χ2n) is 2.99. The van der Waals surface area contributed by atoms with Crippen molar-refractivity contribution in [2.45, 2.75) is 12.6 Å². The van der Waals surface area contributed by atoms with Gasteiger partial charge in [-0.15, -0.1) is 0 Å². The molecule has 2 aromatic rings. The molecule has 0 saturated carbocycles. The lowest BCUT2D eigenvalue weighted by atomic mass is 10.3. The smallest absolute Gasteiger partial charge is 0.253 e. The summed E-state index contributed by atoms with van der Waals surface area (Å²) in [4.78, 5) is 11.3. The zero-order valence-corrected chi connectivity index (χ0v) is 7.49. The molecule has 2 rings (SSSR count). The highest BCUT2D eigenvalue weighted by molar-refractivity contribution is 5.72. The van der Waals surface area contributed by atoms with E-state index in [2.05, 4.69) is 15.0 Å². The lowest BCUT2D eigenvalue weighted by Gasteiger charge is -2.04. The van der Waals surface area contributed by atoms with Gasteiger partial charge >= 0.3 is 6.18 Å². The number of nitrogens with zero attached hydrogens (tertiary/aromatic N) is 3. The SMILES string of the molecule is FC(F)(F)Cc1ncc2ncccc2n1. The standard InChI is InChI=1S/C9H6F3N3/c10-9(11,12)4-8-14-5-7-6(15-8)2-1-3-13-7/h1-3,5H,4H2. The normalized spacial score (nSPS) is 11.9. The molecular weight excluding hydrogens is 207 g/mol. The minimum absolute atomic E-state index is 0.233. The second-order valence-corrected chi connectivity index (χ2v) is 2.99. The lowest BCUT2D eigenvalue weighted by Crippen LogP contribution is -2.14. The molecule has 0 aromatic carbocycles. The highest BCUT2D eigenvalue weighted by atomic mass is 19.4. The minimum atomic E-state index is -4.28. The van der Waals surface area contributed by atoms with Gasteiger partial charge in [0.15, 0.2) is 0 Å². The molecule has 0 radical (unpaired) electrons. The number of fused-ring (bicyclic) bond motifs is 1. The summed E-state index contributed by atoms with van der Waals surface area (Å²) in [5, 5.41) is 0. The van der Waals surface area contributed by atoms with E-state index in [-0.39, 0.29) is 5.82 Å². The van der Waals surface area contributed by atoms with Crippen LogP contribution in [0.4, 0.5) is 13.2 Å². The van der Waals surface area contributed by atoms with E-state index in [0.29, 0.717) is 11.0 Å². The summed E-state index contributed by atoms with van der Waals surface area (Å²) in [5.74, 6) is -0.233. The summed E-state index contributed by atoms with van der Waals surface area (Å²) >= 11 is 0. The van der Waals surface area contributed by atoms with E-state index < -0.39 is 12.6 Å². The van der Waals surface area contributed by atoms with Gasteiger partial charge in [-0.2, -0.15) is 13.2 Å². The Hall–Kier alpha value is -1.72. The Balaban J connectivity index is 2.39. The van der Waals surface area contributed by atoms with E-state index in [1.807, 2.05) is 0 Å². The van der Waals surface area contributed by atoms with Crippen LogP contribution in [0.25, 0.3) is 11.0 Å². The van der Waals surface area contributed by atoms with Gasteiger partial charge in [0.25, 0.3) is 0 Å². The van der Waals surface area contributed by atoms with Gasteiger partial charge in [0.05, 0.1) is 11.7 Å². The average molecular weight is 213 g/mol. The van der Waals surface area contributed by atoms with Gasteiger partial charge in [-0.05, 0) is 12.1 Å². The van der Waals surface area contributed by atoms with E-state index >= 15 is 0 Å². The quantitative estimate of drug-likeness (QED) is 0.728. The monoisotopic (exact) mass is 213 g/mol. The summed E-state index contributed by atoms with van der Waals surface area (Å²) in [6.45, 7) is 0. The van der Waals surface area contributed by atoms with Gasteiger partial charge < -0.3 is 0 Å². The van der Waals surface area contributed by atoms with Crippen LogP contribution >= 0.6 is 0 Å². The number of hydrogen-bond donors (Lipinski definition) is 0. The molecule has 3 nitrogen and oxygen atoms in total. The number of aromatic nitrogens is 3. The molecule has 0 spiro atoms. The molecule has 0 amide bonds. The fourth-order valence-corrected chi connectivity index (χ4v) is 1.17. The molecule has 0 atom stereocenters. The molecule has 78 valence electrons. The molecule has 0 aliphatic heterocycles. The van der Waals surface area contributed by atoms with E-state index in [1.54, 1.807) is 12.1 Å². The molecule has 0 saturated heterocycles. The largest absolute Gasteiger partial charge is 0.396 e. The van der Waals surface area contributed by atoms with Crippen LogP contribution in [0.3, 0.4) is 0 Å². The van der Waals surface area contributed by atoms with Crippen LogP contribution in [0, 0.1) is 0 Å². The van der Waals surface area contributed by atoms with Crippen molar-refractivity contribution in [1.29, 1.82) is 0 Å².